The summed E-state index contributed by atoms with van der Waals surface area (Å²) in [7, 11) is -3.26. The Kier molecular flexibility index (Phi) is 6.56. The van der Waals surface area contributed by atoms with E-state index in [1.807, 2.05) is 12.1 Å². The molecule has 0 heterocycles. The van der Waals surface area contributed by atoms with Crippen LogP contribution in [0.5, 0.6) is 0 Å². The maximum Gasteiger partial charge on any atom is 0.251 e. The molecule has 0 saturated heterocycles. The zero-order valence-corrected chi connectivity index (χ0v) is 16.2. The van der Waals surface area contributed by atoms with Gasteiger partial charge in [0, 0.05) is 18.2 Å². The van der Waals surface area contributed by atoms with Crippen LogP contribution < -0.4 is 11.1 Å². The third kappa shape index (κ3) is 4.93. The Hall–Kier alpha value is -2.18. The number of nitrogens with one attached hydrogen (secondary N) is 1. The average molecular weight is 375 g/mol. The Balaban J connectivity index is 1.97. The second kappa shape index (κ2) is 8.47. The first-order valence-electron chi connectivity index (χ1n) is 8.71. The van der Waals surface area contributed by atoms with Crippen LogP contribution in [0.2, 0.25) is 0 Å². The highest BCUT2D eigenvalue weighted by Crippen LogP contribution is 2.17. The Morgan fingerprint density at radius 1 is 1.00 bits per heavy atom. The van der Waals surface area contributed by atoms with Crippen molar-refractivity contribution in [3.63, 3.8) is 0 Å². The molecule has 140 valence electrons. The molecule has 1 atom stereocenters. The summed E-state index contributed by atoms with van der Waals surface area (Å²) in [5.74, 6) is 0.211. The quantitative estimate of drug-likeness (QED) is 0.779. The zero-order chi connectivity index (χ0) is 19.3. The molecule has 0 spiro atoms. The predicted molar refractivity (Wildman–Crippen MR) is 104 cm³/mol. The molecule has 0 fully saturated rings. The molecule has 1 unspecified atom stereocenters. The molecular formula is C20H26N2O3S. The molecule has 1 amide bonds. The van der Waals surface area contributed by atoms with Gasteiger partial charge in [-0.2, -0.15) is 0 Å². The largest absolute Gasteiger partial charge is 0.350 e. The van der Waals surface area contributed by atoms with Gasteiger partial charge in [0.1, 0.15) is 0 Å². The van der Waals surface area contributed by atoms with E-state index in [9.17, 15) is 13.2 Å². The first kappa shape index (κ1) is 20.1. The van der Waals surface area contributed by atoms with Crippen molar-refractivity contribution >= 4 is 15.7 Å². The van der Waals surface area contributed by atoms with Crippen LogP contribution in [0.3, 0.4) is 0 Å². The summed E-state index contributed by atoms with van der Waals surface area (Å²) in [6, 6.07) is 13.7. The Bertz CT molecular complexity index is 842. The Morgan fingerprint density at radius 2 is 1.54 bits per heavy atom. The van der Waals surface area contributed by atoms with Crippen LogP contribution >= 0.6 is 0 Å². The topological polar surface area (TPSA) is 89.3 Å². The molecule has 0 aliphatic rings. The molecule has 2 rings (SSSR count). The van der Waals surface area contributed by atoms with Gasteiger partial charge in [-0.3, -0.25) is 4.79 Å². The lowest BCUT2D eigenvalue weighted by Gasteiger charge is -2.15. The minimum atomic E-state index is -3.26. The van der Waals surface area contributed by atoms with Crippen molar-refractivity contribution in [3.05, 3.63) is 65.2 Å². The highest BCUT2D eigenvalue weighted by atomic mass is 32.2. The summed E-state index contributed by atoms with van der Waals surface area (Å²) in [5, 5.41) is 2.79. The fourth-order valence-corrected chi connectivity index (χ4v) is 3.42. The van der Waals surface area contributed by atoms with E-state index in [1.165, 1.54) is 29.8 Å². The maximum atomic E-state index is 12.2. The van der Waals surface area contributed by atoms with E-state index in [4.69, 9.17) is 5.73 Å². The van der Waals surface area contributed by atoms with Crippen molar-refractivity contribution in [3.8, 4) is 0 Å². The molecule has 3 N–H and O–H groups in total. The molecule has 0 aromatic heterocycles. The predicted octanol–water partition coefficient (Wildman–Crippen LogP) is 3.03. The molecule has 26 heavy (non-hydrogen) atoms. The number of carbonyl (C=O) groups is 1. The number of benzene rings is 2. The lowest BCUT2D eigenvalue weighted by Crippen LogP contribution is -2.31. The zero-order valence-electron chi connectivity index (χ0n) is 15.4. The van der Waals surface area contributed by atoms with Gasteiger partial charge in [-0.05, 0) is 41.3 Å². The Morgan fingerprint density at radius 3 is 2.04 bits per heavy atom. The SMILES string of the molecule is CCS(=O)(=O)c1ccc(C(=O)NCC(N)c2ccc(C(C)C)cc2)cc1. The average Bonchev–Trinajstić information content (AvgIpc) is 2.66. The molecule has 6 heteroatoms. The molecule has 0 saturated carbocycles. The summed E-state index contributed by atoms with van der Waals surface area (Å²) in [6.07, 6.45) is 0. The molecular weight excluding hydrogens is 348 g/mol. The van der Waals surface area contributed by atoms with Crippen molar-refractivity contribution in [2.45, 2.75) is 37.6 Å². The highest BCUT2D eigenvalue weighted by molar-refractivity contribution is 7.91. The van der Waals surface area contributed by atoms with Crippen molar-refractivity contribution in [2.24, 2.45) is 5.73 Å². The smallest absolute Gasteiger partial charge is 0.251 e. The molecule has 5 nitrogen and oxygen atoms in total. The van der Waals surface area contributed by atoms with Gasteiger partial charge in [0.25, 0.3) is 5.91 Å². The monoisotopic (exact) mass is 374 g/mol. The highest BCUT2D eigenvalue weighted by Gasteiger charge is 2.14. The fraction of sp³-hybridized carbons (Fsp3) is 0.350. The van der Waals surface area contributed by atoms with Crippen LogP contribution in [-0.2, 0) is 9.84 Å². The molecule has 0 aliphatic carbocycles. The van der Waals surface area contributed by atoms with E-state index in [-0.39, 0.29) is 22.6 Å². The first-order valence-corrected chi connectivity index (χ1v) is 10.4. The van der Waals surface area contributed by atoms with Crippen LogP contribution in [-0.4, -0.2) is 26.6 Å². The second-order valence-electron chi connectivity index (χ2n) is 6.57. The van der Waals surface area contributed by atoms with Crippen LogP contribution in [0.4, 0.5) is 0 Å². The van der Waals surface area contributed by atoms with E-state index in [0.29, 0.717) is 18.0 Å². The van der Waals surface area contributed by atoms with Gasteiger partial charge in [0.2, 0.25) is 0 Å². The molecule has 0 radical (unpaired) electrons. The van der Waals surface area contributed by atoms with E-state index < -0.39 is 9.84 Å². The van der Waals surface area contributed by atoms with Crippen LogP contribution in [0.25, 0.3) is 0 Å². The van der Waals surface area contributed by atoms with Crippen LogP contribution in [0.1, 0.15) is 54.2 Å². The number of carbonyl (C=O) groups excluding carboxylic acids is 1. The third-order valence-corrected chi connectivity index (χ3v) is 6.12. The van der Waals surface area contributed by atoms with Gasteiger partial charge in [-0.25, -0.2) is 8.42 Å². The number of amides is 1. The summed E-state index contributed by atoms with van der Waals surface area (Å²) in [4.78, 5) is 12.5. The van der Waals surface area contributed by atoms with Crippen molar-refractivity contribution in [1.29, 1.82) is 0 Å². The molecule has 0 bridgehead atoms. The second-order valence-corrected chi connectivity index (χ2v) is 8.84. The number of hydrogen-bond donors (Lipinski definition) is 2. The number of nitrogens with two attached hydrogens (primary N) is 1. The minimum absolute atomic E-state index is 0.0307. The lowest BCUT2D eigenvalue weighted by atomic mass is 9.99. The van der Waals surface area contributed by atoms with Gasteiger partial charge in [0.05, 0.1) is 10.6 Å². The Labute approximate surface area is 155 Å². The normalized spacial score (nSPS) is 12.8. The van der Waals surface area contributed by atoms with Gasteiger partial charge >= 0.3 is 0 Å². The van der Waals surface area contributed by atoms with E-state index in [1.54, 1.807) is 6.92 Å². The number of sulfone groups is 1. The number of hydrogen-bond acceptors (Lipinski definition) is 4. The summed E-state index contributed by atoms with van der Waals surface area (Å²) < 4.78 is 23.6. The van der Waals surface area contributed by atoms with Gasteiger partial charge in [0.15, 0.2) is 9.84 Å². The van der Waals surface area contributed by atoms with E-state index >= 15 is 0 Å². The standard InChI is InChI=1S/C20H26N2O3S/c1-4-26(24,25)18-11-9-17(10-12-18)20(23)22-13-19(21)16-7-5-15(6-8-16)14(2)3/h5-12,14,19H,4,13,21H2,1-3H3,(H,22,23). The van der Waals surface area contributed by atoms with Crippen LogP contribution in [0.15, 0.2) is 53.4 Å². The van der Waals surface area contributed by atoms with E-state index in [2.05, 4.69) is 31.3 Å². The van der Waals surface area contributed by atoms with Crippen molar-refractivity contribution < 1.29 is 13.2 Å². The van der Waals surface area contributed by atoms with E-state index in [0.717, 1.165) is 5.56 Å². The fourth-order valence-electron chi connectivity index (χ4n) is 2.53. The minimum Gasteiger partial charge on any atom is -0.350 e. The van der Waals surface area contributed by atoms with Gasteiger partial charge in [-0.15, -0.1) is 0 Å². The molecule has 2 aromatic carbocycles. The van der Waals surface area contributed by atoms with Crippen molar-refractivity contribution in [2.75, 3.05) is 12.3 Å². The summed E-state index contributed by atoms with van der Waals surface area (Å²) in [6.45, 7) is 6.15. The lowest BCUT2D eigenvalue weighted by molar-refractivity contribution is 0.0951. The van der Waals surface area contributed by atoms with Crippen LogP contribution in [0, 0.1) is 0 Å². The van der Waals surface area contributed by atoms with Gasteiger partial charge < -0.3 is 11.1 Å². The first-order chi connectivity index (χ1) is 12.2. The number of rotatable bonds is 7. The molecule has 0 aliphatic heterocycles. The third-order valence-electron chi connectivity index (χ3n) is 4.37. The van der Waals surface area contributed by atoms with Crippen molar-refractivity contribution in [1.82, 2.24) is 5.32 Å². The van der Waals surface area contributed by atoms with Gasteiger partial charge in [-0.1, -0.05) is 45.0 Å². The summed E-state index contributed by atoms with van der Waals surface area (Å²) >= 11 is 0. The summed E-state index contributed by atoms with van der Waals surface area (Å²) in [5.41, 5.74) is 8.76. The molecule has 2 aromatic rings. The maximum absolute atomic E-state index is 12.2.